The first-order valence-electron chi connectivity index (χ1n) is 6.57. The van der Waals surface area contributed by atoms with Gasteiger partial charge in [0.25, 0.3) is 0 Å². The summed E-state index contributed by atoms with van der Waals surface area (Å²) in [4.78, 5) is 9.12. The molecule has 1 aromatic heterocycles. The van der Waals surface area contributed by atoms with Crippen molar-refractivity contribution in [3.05, 3.63) is 40.0 Å². The minimum atomic E-state index is 0.503. The summed E-state index contributed by atoms with van der Waals surface area (Å²) in [5.41, 5.74) is 2.87. The van der Waals surface area contributed by atoms with Crippen LogP contribution in [0.1, 0.15) is 31.2 Å². The van der Waals surface area contributed by atoms with Crippen LogP contribution in [0.3, 0.4) is 0 Å². The number of rotatable bonds is 2. The van der Waals surface area contributed by atoms with E-state index < -0.39 is 0 Å². The molecule has 1 aliphatic rings. The lowest BCUT2D eigenvalue weighted by molar-refractivity contribution is 0.685. The van der Waals surface area contributed by atoms with Crippen molar-refractivity contribution in [1.29, 1.82) is 5.26 Å². The van der Waals surface area contributed by atoms with Crippen LogP contribution in [-0.2, 0) is 0 Å². The number of H-pyrrole nitrogens is 1. The van der Waals surface area contributed by atoms with Crippen LogP contribution in [0.15, 0.2) is 34.6 Å². The van der Waals surface area contributed by atoms with E-state index >= 15 is 0 Å². The molecule has 0 amide bonds. The zero-order chi connectivity index (χ0) is 13.1. The molecule has 3 nitrogen and oxygen atoms in total. The Hall–Kier alpha value is -1.86. The van der Waals surface area contributed by atoms with E-state index in [1.54, 1.807) is 11.3 Å². The standard InChI is InChI=1S/C15H15N3S/c16-9-11-5-7-12(8-6-11)14-10-19-15(18-14)17-13-3-1-2-4-13/h5-8,10,13H,1-4H2,(H,17,18). The number of nitrogens with zero attached hydrogens (tertiary/aromatic N) is 2. The summed E-state index contributed by atoms with van der Waals surface area (Å²) in [6.45, 7) is 0. The number of nitrogens with one attached hydrogen (secondary N) is 1. The maximum atomic E-state index is 8.79. The van der Waals surface area contributed by atoms with Gasteiger partial charge in [-0.3, -0.25) is 4.99 Å². The zero-order valence-electron chi connectivity index (χ0n) is 10.6. The normalized spacial score (nSPS) is 16.7. The molecule has 0 atom stereocenters. The van der Waals surface area contributed by atoms with Crippen molar-refractivity contribution in [2.24, 2.45) is 4.99 Å². The van der Waals surface area contributed by atoms with Crippen molar-refractivity contribution >= 4 is 11.3 Å². The topological polar surface area (TPSA) is 51.9 Å². The molecule has 0 radical (unpaired) electrons. The minimum Gasteiger partial charge on any atom is -0.331 e. The first kappa shape index (κ1) is 12.2. The van der Waals surface area contributed by atoms with Gasteiger partial charge in [0.05, 0.1) is 23.4 Å². The summed E-state index contributed by atoms with van der Waals surface area (Å²) in [6, 6.07) is 10.3. The van der Waals surface area contributed by atoms with E-state index in [4.69, 9.17) is 10.3 Å². The molecule has 4 heteroatoms. The average Bonchev–Trinajstić information content (AvgIpc) is 3.11. The fraction of sp³-hybridized carbons (Fsp3) is 0.333. The highest BCUT2D eigenvalue weighted by Gasteiger charge is 2.13. The van der Waals surface area contributed by atoms with Crippen LogP contribution in [0, 0.1) is 11.3 Å². The third kappa shape index (κ3) is 2.77. The third-order valence-electron chi connectivity index (χ3n) is 3.48. The number of thiazole rings is 1. The van der Waals surface area contributed by atoms with Gasteiger partial charge in [0.2, 0.25) is 0 Å². The number of hydrogen-bond acceptors (Lipinski definition) is 3. The fourth-order valence-corrected chi connectivity index (χ4v) is 3.22. The molecule has 1 N–H and O–H groups in total. The Morgan fingerprint density at radius 1 is 1.21 bits per heavy atom. The molecule has 96 valence electrons. The predicted octanol–water partition coefficient (Wildman–Crippen LogP) is 3.46. The molecule has 0 bridgehead atoms. The van der Waals surface area contributed by atoms with Crippen molar-refractivity contribution in [3.63, 3.8) is 0 Å². The Labute approximate surface area is 116 Å². The summed E-state index contributed by atoms with van der Waals surface area (Å²) in [5, 5.41) is 10.9. The van der Waals surface area contributed by atoms with Gasteiger partial charge < -0.3 is 4.98 Å². The van der Waals surface area contributed by atoms with Crippen LogP contribution in [-0.4, -0.2) is 11.0 Å². The monoisotopic (exact) mass is 269 g/mol. The summed E-state index contributed by atoms with van der Waals surface area (Å²) < 4.78 is 0. The molecule has 0 aliphatic heterocycles. The van der Waals surface area contributed by atoms with Crippen molar-refractivity contribution in [3.8, 4) is 17.3 Å². The Morgan fingerprint density at radius 3 is 2.63 bits per heavy atom. The largest absolute Gasteiger partial charge is 0.331 e. The highest BCUT2D eigenvalue weighted by Crippen LogP contribution is 2.21. The molecular weight excluding hydrogens is 254 g/mol. The van der Waals surface area contributed by atoms with E-state index in [-0.39, 0.29) is 0 Å². The van der Waals surface area contributed by atoms with Gasteiger partial charge in [-0.2, -0.15) is 5.26 Å². The number of nitriles is 1. The molecule has 0 unspecified atom stereocenters. The summed E-state index contributed by atoms with van der Waals surface area (Å²) in [5.74, 6) is 0. The summed E-state index contributed by atoms with van der Waals surface area (Å²) in [7, 11) is 0. The van der Waals surface area contributed by atoms with E-state index in [1.807, 2.05) is 24.3 Å². The van der Waals surface area contributed by atoms with Crippen LogP contribution in [0.4, 0.5) is 0 Å². The van der Waals surface area contributed by atoms with Gasteiger partial charge >= 0.3 is 0 Å². The van der Waals surface area contributed by atoms with Crippen molar-refractivity contribution in [1.82, 2.24) is 4.98 Å². The average molecular weight is 269 g/mol. The van der Waals surface area contributed by atoms with Crippen LogP contribution >= 0.6 is 11.3 Å². The second-order valence-corrected chi connectivity index (χ2v) is 5.69. The zero-order valence-corrected chi connectivity index (χ0v) is 11.4. The van der Waals surface area contributed by atoms with Crippen LogP contribution < -0.4 is 4.80 Å². The number of aromatic nitrogens is 1. The molecule has 2 aromatic rings. The van der Waals surface area contributed by atoms with Crippen LogP contribution in [0.25, 0.3) is 11.3 Å². The molecule has 1 fully saturated rings. The second-order valence-electron chi connectivity index (χ2n) is 4.84. The molecule has 1 aliphatic carbocycles. The van der Waals surface area contributed by atoms with Crippen molar-refractivity contribution in [2.45, 2.75) is 31.7 Å². The molecule has 3 rings (SSSR count). The van der Waals surface area contributed by atoms with E-state index in [1.165, 1.54) is 25.7 Å². The molecule has 1 saturated carbocycles. The summed E-state index contributed by atoms with van der Waals surface area (Å²) >= 11 is 1.65. The van der Waals surface area contributed by atoms with E-state index in [0.717, 1.165) is 16.1 Å². The fourth-order valence-electron chi connectivity index (χ4n) is 2.42. The van der Waals surface area contributed by atoms with Gasteiger partial charge in [0.1, 0.15) is 0 Å². The number of hydrogen-bond donors (Lipinski definition) is 1. The molecule has 0 spiro atoms. The van der Waals surface area contributed by atoms with Gasteiger partial charge in [0.15, 0.2) is 4.80 Å². The maximum Gasteiger partial charge on any atom is 0.182 e. The molecular formula is C15H15N3S. The molecule has 0 saturated heterocycles. The lowest BCUT2D eigenvalue weighted by Gasteiger charge is -1.98. The maximum absolute atomic E-state index is 8.79. The lowest BCUT2D eigenvalue weighted by Crippen LogP contribution is -2.06. The lowest BCUT2D eigenvalue weighted by atomic mass is 10.1. The first-order chi connectivity index (χ1) is 9.35. The summed E-state index contributed by atoms with van der Waals surface area (Å²) in [6.07, 6.45) is 5.06. The SMILES string of the molecule is N#Cc1ccc(-c2csc(=NC3CCCC3)[nH]2)cc1. The Balaban J connectivity index is 1.85. The quantitative estimate of drug-likeness (QED) is 0.891. The van der Waals surface area contributed by atoms with Crippen molar-refractivity contribution < 1.29 is 0 Å². The Kier molecular flexibility index (Phi) is 3.47. The van der Waals surface area contributed by atoms with Gasteiger partial charge in [-0.1, -0.05) is 25.0 Å². The number of aromatic amines is 1. The highest BCUT2D eigenvalue weighted by atomic mass is 32.1. The molecule has 1 aromatic carbocycles. The second kappa shape index (κ2) is 5.41. The minimum absolute atomic E-state index is 0.503. The predicted molar refractivity (Wildman–Crippen MR) is 76.6 cm³/mol. The van der Waals surface area contributed by atoms with E-state index in [2.05, 4.69) is 16.4 Å². The van der Waals surface area contributed by atoms with Gasteiger partial charge in [-0.25, -0.2) is 0 Å². The molecule has 1 heterocycles. The third-order valence-corrected chi connectivity index (χ3v) is 4.26. The van der Waals surface area contributed by atoms with Gasteiger partial charge in [-0.15, -0.1) is 11.3 Å². The number of benzene rings is 1. The van der Waals surface area contributed by atoms with Crippen LogP contribution in [0.2, 0.25) is 0 Å². The highest BCUT2D eigenvalue weighted by molar-refractivity contribution is 7.07. The van der Waals surface area contributed by atoms with Gasteiger partial charge in [-0.05, 0) is 30.5 Å². The van der Waals surface area contributed by atoms with E-state index in [9.17, 15) is 0 Å². The Morgan fingerprint density at radius 2 is 1.95 bits per heavy atom. The van der Waals surface area contributed by atoms with Crippen molar-refractivity contribution in [2.75, 3.05) is 0 Å². The van der Waals surface area contributed by atoms with Crippen LogP contribution in [0.5, 0.6) is 0 Å². The smallest absolute Gasteiger partial charge is 0.182 e. The Bertz CT molecular complexity index is 652. The van der Waals surface area contributed by atoms with E-state index in [0.29, 0.717) is 11.6 Å². The first-order valence-corrected chi connectivity index (χ1v) is 7.45. The molecule has 19 heavy (non-hydrogen) atoms. The van der Waals surface area contributed by atoms with Gasteiger partial charge in [0, 0.05) is 5.38 Å².